The molecular formula is C13H16FIO2. The quantitative estimate of drug-likeness (QED) is 0.611. The zero-order valence-electron chi connectivity index (χ0n) is 9.57. The molecule has 17 heavy (non-hydrogen) atoms. The average Bonchev–Trinajstić information content (AvgIpc) is 2.38. The molecule has 1 atom stereocenters. The van der Waals surface area contributed by atoms with Crippen LogP contribution in [0.5, 0.6) is 0 Å². The first kappa shape index (κ1) is 13.2. The predicted molar refractivity (Wildman–Crippen MR) is 73.0 cm³/mol. The van der Waals surface area contributed by atoms with E-state index >= 15 is 0 Å². The largest absolute Gasteiger partial charge is 0.381 e. The molecule has 1 aromatic carbocycles. The van der Waals surface area contributed by atoms with Gasteiger partial charge in [-0.1, -0.05) is 40.8 Å². The number of hydrogen-bond donors (Lipinski definition) is 0. The van der Waals surface area contributed by atoms with Crippen LogP contribution in [0.3, 0.4) is 0 Å². The Labute approximate surface area is 115 Å². The van der Waals surface area contributed by atoms with Crippen molar-refractivity contribution in [3.63, 3.8) is 0 Å². The highest BCUT2D eigenvalue weighted by molar-refractivity contribution is 14.1. The Morgan fingerprint density at radius 3 is 2.71 bits per heavy atom. The molecule has 0 spiro atoms. The Morgan fingerprint density at radius 2 is 2.06 bits per heavy atom. The van der Waals surface area contributed by atoms with Crippen LogP contribution in [0, 0.1) is 5.82 Å². The summed E-state index contributed by atoms with van der Waals surface area (Å²) < 4.78 is 25.7. The average molecular weight is 350 g/mol. The second kappa shape index (κ2) is 6.66. The number of alkyl halides is 1. The Kier molecular flexibility index (Phi) is 5.18. The van der Waals surface area contributed by atoms with Gasteiger partial charge in [-0.3, -0.25) is 0 Å². The molecule has 2 rings (SSSR count). The molecule has 1 aliphatic heterocycles. The van der Waals surface area contributed by atoms with Crippen molar-refractivity contribution in [1.29, 1.82) is 0 Å². The van der Waals surface area contributed by atoms with E-state index in [2.05, 4.69) is 22.6 Å². The van der Waals surface area contributed by atoms with Gasteiger partial charge in [0.15, 0.2) is 0 Å². The molecule has 0 N–H and O–H groups in total. The van der Waals surface area contributed by atoms with Crippen LogP contribution in [0.15, 0.2) is 24.3 Å². The Morgan fingerprint density at radius 1 is 1.35 bits per heavy atom. The number of ether oxygens (including phenoxy) is 2. The van der Waals surface area contributed by atoms with E-state index in [-0.39, 0.29) is 18.0 Å². The summed E-state index contributed by atoms with van der Waals surface area (Å²) in [7, 11) is 0. The molecule has 0 saturated carbocycles. The van der Waals surface area contributed by atoms with E-state index in [1.165, 1.54) is 6.07 Å². The van der Waals surface area contributed by atoms with Crippen molar-refractivity contribution in [2.45, 2.75) is 25.0 Å². The summed E-state index contributed by atoms with van der Waals surface area (Å²) in [4.78, 5) is 0. The minimum atomic E-state index is -0.179. The van der Waals surface area contributed by atoms with Crippen LogP contribution in [0.1, 0.15) is 24.5 Å². The topological polar surface area (TPSA) is 18.5 Å². The SMILES string of the molecule is Fc1ccccc1C(CI)OC1CCOCC1. The first-order valence-electron chi connectivity index (χ1n) is 5.85. The van der Waals surface area contributed by atoms with Crippen LogP contribution in [-0.2, 0) is 9.47 Å². The second-order valence-corrected chi connectivity index (χ2v) is 4.99. The molecule has 1 unspecified atom stereocenters. The van der Waals surface area contributed by atoms with Crippen LogP contribution in [0.4, 0.5) is 4.39 Å². The van der Waals surface area contributed by atoms with Crippen LogP contribution in [0.2, 0.25) is 0 Å². The zero-order valence-corrected chi connectivity index (χ0v) is 11.7. The van der Waals surface area contributed by atoms with E-state index in [1.807, 2.05) is 6.07 Å². The first-order valence-corrected chi connectivity index (χ1v) is 7.37. The normalized spacial score (nSPS) is 19.2. The fourth-order valence-electron chi connectivity index (χ4n) is 1.97. The molecule has 1 saturated heterocycles. The van der Waals surface area contributed by atoms with Gasteiger partial charge in [-0.25, -0.2) is 4.39 Å². The lowest BCUT2D eigenvalue weighted by atomic mass is 10.1. The Hall–Kier alpha value is -0.200. The Balaban J connectivity index is 2.03. The van der Waals surface area contributed by atoms with Crippen molar-refractivity contribution in [3.8, 4) is 0 Å². The van der Waals surface area contributed by atoms with E-state index in [0.717, 1.165) is 30.5 Å². The maximum Gasteiger partial charge on any atom is 0.129 e. The number of hydrogen-bond acceptors (Lipinski definition) is 2. The van der Waals surface area contributed by atoms with Gasteiger partial charge in [-0.15, -0.1) is 0 Å². The van der Waals surface area contributed by atoms with Gasteiger partial charge >= 0.3 is 0 Å². The van der Waals surface area contributed by atoms with E-state index in [0.29, 0.717) is 5.56 Å². The minimum absolute atomic E-state index is 0.153. The molecule has 0 aliphatic carbocycles. The second-order valence-electron chi connectivity index (χ2n) is 4.11. The van der Waals surface area contributed by atoms with Crippen LogP contribution < -0.4 is 0 Å². The highest BCUT2D eigenvalue weighted by Crippen LogP contribution is 2.26. The molecule has 4 heteroatoms. The van der Waals surface area contributed by atoms with Gasteiger partial charge in [0.25, 0.3) is 0 Å². The molecular weight excluding hydrogens is 334 g/mol. The highest BCUT2D eigenvalue weighted by atomic mass is 127. The summed E-state index contributed by atoms with van der Waals surface area (Å²) in [6, 6.07) is 6.85. The van der Waals surface area contributed by atoms with Crippen molar-refractivity contribution in [1.82, 2.24) is 0 Å². The summed E-state index contributed by atoms with van der Waals surface area (Å²) in [5.41, 5.74) is 0.661. The third kappa shape index (κ3) is 3.63. The van der Waals surface area contributed by atoms with E-state index in [1.54, 1.807) is 12.1 Å². The van der Waals surface area contributed by atoms with Gasteiger partial charge < -0.3 is 9.47 Å². The first-order chi connectivity index (χ1) is 8.31. The van der Waals surface area contributed by atoms with Crippen molar-refractivity contribution < 1.29 is 13.9 Å². The minimum Gasteiger partial charge on any atom is -0.381 e. The van der Waals surface area contributed by atoms with E-state index in [9.17, 15) is 4.39 Å². The van der Waals surface area contributed by atoms with Gasteiger partial charge in [0, 0.05) is 23.2 Å². The summed E-state index contributed by atoms with van der Waals surface area (Å²) in [5, 5.41) is 0. The van der Waals surface area contributed by atoms with Gasteiger partial charge in [0.05, 0.1) is 12.2 Å². The van der Waals surface area contributed by atoms with E-state index in [4.69, 9.17) is 9.47 Å². The lowest BCUT2D eigenvalue weighted by Gasteiger charge is -2.27. The number of benzene rings is 1. The van der Waals surface area contributed by atoms with Gasteiger partial charge in [0.1, 0.15) is 5.82 Å². The summed E-state index contributed by atoms with van der Waals surface area (Å²) >= 11 is 2.24. The molecule has 94 valence electrons. The monoisotopic (exact) mass is 350 g/mol. The maximum absolute atomic E-state index is 13.7. The summed E-state index contributed by atoms with van der Waals surface area (Å²) in [6.45, 7) is 1.49. The number of halogens is 2. The molecule has 0 bridgehead atoms. The fraction of sp³-hybridized carbons (Fsp3) is 0.538. The third-order valence-electron chi connectivity index (χ3n) is 2.92. The predicted octanol–water partition coefficient (Wildman–Crippen LogP) is 3.50. The fourth-order valence-corrected chi connectivity index (χ4v) is 2.66. The van der Waals surface area contributed by atoms with Crippen molar-refractivity contribution in [3.05, 3.63) is 35.6 Å². The molecule has 1 aromatic rings. The smallest absolute Gasteiger partial charge is 0.129 e. The van der Waals surface area contributed by atoms with E-state index < -0.39 is 0 Å². The van der Waals surface area contributed by atoms with Crippen molar-refractivity contribution in [2.75, 3.05) is 17.6 Å². The lowest BCUT2D eigenvalue weighted by Crippen LogP contribution is -2.26. The molecule has 1 heterocycles. The van der Waals surface area contributed by atoms with Crippen LogP contribution in [-0.4, -0.2) is 23.7 Å². The lowest BCUT2D eigenvalue weighted by molar-refractivity contribution is -0.0619. The van der Waals surface area contributed by atoms with Gasteiger partial charge in [-0.2, -0.15) is 0 Å². The van der Waals surface area contributed by atoms with Crippen LogP contribution >= 0.6 is 22.6 Å². The zero-order chi connectivity index (χ0) is 12.1. The maximum atomic E-state index is 13.7. The third-order valence-corrected chi connectivity index (χ3v) is 3.72. The standard InChI is InChI=1S/C13H16FIO2/c14-12-4-2-1-3-11(12)13(9-15)17-10-5-7-16-8-6-10/h1-4,10,13H,5-9H2. The summed E-state index contributed by atoms with van der Waals surface area (Å²) in [5.74, 6) is -0.179. The molecule has 1 fully saturated rings. The molecule has 0 amide bonds. The van der Waals surface area contributed by atoms with Gasteiger partial charge in [0.2, 0.25) is 0 Å². The molecule has 0 radical (unpaired) electrons. The van der Waals surface area contributed by atoms with Crippen molar-refractivity contribution >= 4 is 22.6 Å². The Bertz CT molecular complexity index is 353. The van der Waals surface area contributed by atoms with Crippen molar-refractivity contribution in [2.24, 2.45) is 0 Å². The molecule has 1 aliphatic rings. The summed E-state index contributed by atoms with van der Waals surface area (Å²) in [6.07, 6.45) is 1.85. The molecule has 2 nitrogen and oxygen atoms in total. The highest BCUT2D eigenvalue weighted by Gasteiger charge is 2.21. The van der Waals surface area contributed by atoms with Crippen LogP contribution in [0.25, 0.3) is 0 Å². The number of rotatable bonds is 4. The van der Waals surface area contributed by atoms with Gasteiger partial charge in [-0.05, 0) is 18.9 Å². The molecule has 0 aromatic heterocycles.